The van der Waals surface area contributed by atoms with Crippen LogP contribution in [0.3, 0.4) is 0 Å². The number of likely N-dealkylation sites (N-methyl/N-ethyl adjacent to an activating group) is 1. The summed E-state index contributed by atoms with van der Waals surface area (Å²) < 4.78 is 6.81. The van der Waals surface area contributed by atoms with Crippen LogP contribution in [0.1, 0.15) is 27.2 Å². The Morgan fingerprint density at radius 3 is 2.33 bits per heavy atom. The molecule has 1 unspecified atom stereocenters. The Morgan fingerprint density at radius 2 is 1.78 bits per heavy atom. The van der Waals surface area contributed by atoms with Gasteiger partial charge in [-0.1, -0.05) is 29.8 Å². The summed E-state index contributed by atoms with van der Waals surface area (Å²) >= 11 is 3.41. The number of ether oxygens (including phenoxy) is 1. The molecular weight excluding hydrogens is 290 g/mol. The fourth-order valence-electron chi connectivity index (χ4n) is 1.92. The Labute approximate surface area is 119 Å². The summed E-state index contributed by atoms with van der Waals surface area (Å²) in [5, 5.41) is 0. The van der Waals surface area contributed by atoms with Gasteiger partial charge >= 0.3 is 0 Å². The molecule has 2 nitrogen and oxygen atoms in total. The molecule has 0 aliphatic heterocycles. The molecule has 0 heterocycles. The van der Waals surface area contributed by atoms with E-state index in [1.807, 2.05) is 24.3 Å². The molecule has 0 radical (unpaired) electrons. The standard InChI is InChI=1S/C15H24BrNO/c1-12(2)11-13(3)17(4)9-10-18-15-7-5-14(16)6-8-15/h5-8,12-13H,9-11H2,1-4H3. The van der Waals surface area contributed by atoms with Crippen molar-refractivity contribution in [3.05, 3.63) is 28.7 Å². The molecule has 0 saturated carbocycles. The predicted molar refractivity (Wildman–Crippen MR) is 81.2 cm³/mol. The lowest BCUT2D eigenvalue weighted by molar-refractivity contribution is 0.184. The number of hydrogen-bond acceptors (Lipinski definition) is 2. The van der Waals surface area contributed by atoms with Crippen molar-refractivity contribution in [2.45, 2.75) is 33.2 Å². The minimum Gasteiger partial charge on any atom is -0.492 e. The van der Waals surface area contributed by atoms with Crippen molar-refractivity contribution in [3.8, 4) is 5.75 Å². The molecule has 0 N–H and O–H groups in total. The molecule has 0 amide bonds. The zero-order chi connectivity index (χ0) is 13.5. The van der Waals surface area contributed by atoms with Crippen LogP contribution in [0.5, 0.6) is 5.75 Å². The van der Waals surface area contributed by atoms with Crippen molar-refractivity contribution in [1.82, 2.24) is 4.90 Å². The van der Waals surface area contributed by atoms with E-state index in [9.17, 15) is 0 Å². The summed E-state index contributed by atoms with van der Waals surface area (Å²) in [7, 11) is 2.16. The maximum atomic E-state index is 5.72. The van der Waals surface area contributed by atoms with Gasteiger partial charge in [-0.05, 0) is 50.6 Å². The van der Waals surface area contributed by atoms with Crippen LogP contribution in [-0.4, -0.2) is 31.1 Å². The molecule has 0 spiro atoms. The second kappa shape index (κ2) is 7.80. The van der Waals surface area contributed by atoms with Gasteiger partial charge in [-0.2, -0.15) is 0 Å². The number of benzene rings is 1. The molecule has 3 heteroatoms. The van der Waals surface area contributed by atoms with Crippen LogP contribution >= 0.6 is 15.9 Å². The van der Waals surface area contributed by atoms with Gasteiger partial charge in [-0.15, -0.1) is 0 Å². The van der Waals surface area contributed by atoms with E-state index in [0.29, 0.717) is 6.04 Å². The van der Waals surface area contributed by atoms with Gasteiger partial charge in [0.25, 0.3) is 0 Å². The van der Waals surface area contributed by atoms with Gasteiger partial charge < -0.3 is 9.64 Å². The molecule has 0 saturated heterocycles. The summed E-state index contributed by atoms with van der Waals surface area (Å²) in [6, 6.07) is 8.59. The van der Waals surface area contributed by atoms with Gasteiger partial charge in [0.15, 0.2) is 0 Å². The number of nitrogens with zero attached hydrogens (tertiary/aromatic N) is 1. The smallest absolute Gasteiger partial charge is 0.119 e. The first-order valence-corrected chi connectivity index (χ1v) is 7.37. The fraction of sp³-hybridized carbons (Fsp3) is 0.600. The highest BCUT2D eigenvalue weighted by Gasteiger charge is 2.10. The largest absolute Gasteiger partial charge is 0.492 e. The first kappa shape index (κ1) is 15.5. The summed E-state index contributed by atoms with van der Waals surface area (Å²) in [6.07, 6.45) is 1.23. The lowest BCUT2D eigenvalue weighted by Gasteiger charge is -2.26. The Morgan fingerprint density at radius 1 is 1.17 bits per heavy atom. The van der Waals surface area contributed by atoms with E-state index in [0.717, 1.165) is 29.3 Å². The van der Waals surface area contributed by atoms with Crippen LogP contribution in [0.15, 0.2) is 28.7 Å². The van der Waals surface area contributed by atoms with Crippen molar-refractivity contribution in [1.29, 1.82) is 0 Å². The summed E-state index contributed by atoms with van der Waals surface area (Å²) in [5.74, 6) is 1.68. The second-order valence-electron chi connectivity index (χ2n) is 5.26. The van der Waals surface area contributed by atoms with E-state index in [2.05, 4.69) is 48.6 Å². The highest BCUT2D eigenvalue weighted by molar-refractivity contribution is 9.10. The third-order valence-corrected chi connectivity index (χ3v) is 3.62. The van der Waals surface area contributed by atoms with E-state index < -0.39 is 0 Å². The van der Waals surface area contributed by atoms with Gasteiger partial charge in [-0.3, -0.25) is 0 Å². The van der Waals surface area contributed by atoms with Gasteiger partial charge in [-0.25, -0.2) is 0 Å². The van der Waals surface area contributed by atoms with Crippen molar-refractivity contribution in [3.63, 3.8) is 0 Å². The van der Waals surface area contributed by atoms with Gasteiger partial charge in [0.1, 0.15) is 12.4 Å². The zero-order valence-electron chi connectivity index (χ0n) is 11.8. The van der Waals surface area contributed by atoms with Crippen LogP contribution in [0.2, 0.25) is 0 Å². The first-order valence-electron chi connectivity index (χ1n) is 6.57. The average Bonchev–Trinajstić information content (AvgIpc) is 2.30. The monoisotopic (exact) mass is 313 g/mol. The fourth-order valence-corrected chi connectivity index (χ4v) is 2.19. The molecule has 0 aliphatic carbocycles. The summed E-state index contributed by atoms with van der Waals surface area (Å²) in [6.45, 7) is 8.51. The maximum Gasteiger partial charge on any atom is 0.119 e. The summed E-state index contributed by atoms with van der Waals surface area (Å²) in [4.78, 5) is 2.36. The van der Waals surface area contributed by atoms with Crippen LogP contribution in [0, 0.1) is 5.92 Å². The Bertz CT molecular complexity index is 337. The highest BCUT2D eigenvalue weighted by atomic mass is 79.9. The van der Waals surface area contributed by atoms with E-state index in [1.54, 1.807) is 0 Å². The lowest BCUT2D eigenvalue weighted by atomic mass is 10.0. The Kier molecular flexibility index (Phi) is 6.72. The summed E-state index contributed by atoms with van der Waals surface area (Å²) in [5.41, 5.74) is 0. The minimum atomic E-state index is 0.610. The van der Waals surface area contributed by atoms with Crippen molar-refractivity contribution >= 4 is 15.9 Å². The normalized spacial score (nSPS) is 13.1. The van der Waals surface area contributed by atoms with Crippen molar-refractivity contribution < 1.29 is 4.74 Å². The molecule has 0 aliphatic rings. The number of halogens is 1. The highest BCUT2D eigenvalue weighted by Crippen LogP contribution is 2.16. The third-order valence-electron chi connectivity index (χ3n) is 3.09. The van der Waals surface area contributed by atoms with Gasteiger partial charge in [0.2, 0.25) is 0 Å². The van der Waals surface area contributed by atoms with E-state index in [-0.39, 0.29) is 0 Å². The van der Waals surface area contributed by atoms with E-state index >= 15 is 0 Å². The Balaban J connectivity index is 2.26. The van der Waals surface area contributed by atoms with Gasteiger partial charge in [0, 0.05) is 17.1 Å². The molecule has 102 valence electrons. The SMILES string of the molecule is CC(C)CC(C)N(C)CCOc1ccc(Br)cc1. The molecule has 1 rings (SSSR count). The first-order chi connectivity index (χ1) is 8.49. The molecule has 18 heavy (non-hydrogen) atoms. The molecular formula is C15H24BrNO. The van der Waals surface area contributed by atoms with Crippen LogP contribution in [0.25, 0.3) is 0 Å². The Hall–Kier alpha value is -0.540. The van der Waals surface area contributed by atoms with Crippen LogP contribution < -0.4 is 4.74 Å². The van der Waals surface area contributed by atoms with Crippen LogP contribution in [-0.2, 0) is 0 Å². The molecule has 1 aromatic rings. The third kappa shape index (κ3) is 5.87. The van der Waals surface area contributed by atoms with Crippen LogP contribution in [0.4, 0.5) is 0 Å². The van der Waals surface area contributed by atoms with E-state index in [4.69, 9.17) is 4.74 Å². The number of hydrogen-bond donors (Lipinski definition) is 0. The quantitative estimate of drug-likeness (QED) is 0.748. The number of rotatable bonds is 7. The molecule has 0 fully saturated rings. The topological polar surface area (TPSA) is 12.5 Å². The van der Waals surface area contributed by atoms with Crippen molar-refractivity contribution in [2.24, 2.45) is 5.92 Å². The minimum absolute atomic E-state index is 0.610. The van der Waals surface area contributed by atoms with Gasteiger partial charge in [0.05, 0.1) is 0 Å². The lowest BCUT2D eigenvalue weighted by Crippen LogP contribution is -2.33. The molecule has 0 bridgehead atoms. The van der Waals surface area contributed by atoms with Crippen molar-refractivity contribution in [2.75, 3.05) is 20.2 Å². The predicted octanol–water partition coefficient (Wildman–Crippen LogP) is 4.19. The second-order valence-corrected chi connectivity index (χ2v) is 6.18. The average molecular weight is 314 g/mol. The molecule has 0 aromatic heterocycles. The maximum absolute atomic E-state index is 5.72. The molecule has 1 atom stereocenters. The van der Waals surface area contributed by atoms with E-state index in [1.165, 1.54) is 6.42 Å². The molecule has 1 aromatic carbocycles. The zero-order valence-corrected chi connectivity index (χ0v) is 13.4.